The molecule has 0 atom stereocenters. The minimum atomic E-state index is -3.60. The molecule has 96 valence electrons. The predicted molar refractivity (Wildman–Crippen MR) is 72.2 cm³/mol. The van der Waals surface area contributed by atoms with Crippen molar-refractivity contribution in [2.24, 2.45) is 0 Å². The topological polar surface area (TPSA) is 66.4 Å². The highest BCUT2D eigenvalue weighted by molar-refractivity contribution is 7.92. The summed E-state index contributed by atoms with van der Waals surface area (Å²) >= 11 is 1.42. The van der Waals surface area contributed by atoms with Gasteiger partial charge in [0.05, 0.1) is 17.2 Å². The number of rotatable bonds is 4. The van der Waals surface area contributed by atoms with Crippen molar-refractivity contribution in [3.63, 3.8) is 0 Å². The van der Waals surface area contributed by atoms with Crippen LogP contribution in [0, 0.1) is 6.92 Å². The van der Waals surface area contributed by atoms with E-state index in [1.165, 1.54) is 17.4 Å². The van der Waals surface area contributed by atoms with E-state index < -0.39 is 10.0 Å². The Morgan fingerprint density at radius 3 is 2.72 bits per heavy atom. The van der Waals surface area contributed by atoms with Gasteiger partial charge in [-0.1, -0.05) is 12.1 Å². The Bertz CT molecular complexity index is 633. The molecule has 18 heavy (non-hydrogen) atoms. The summed E-state index contributed by atoms with van der Waals surface area (Å²) in [4.78, 5) is 0.195. The van der Waals surface area contributed by atoms with Gasteiger partial charge in [-0.2, -0.15) is 11.3 Å². The van der Waals surface area contributed by atoms with Crippen molar-refractivity contribution in [1.82, 2.24) is 0 Å². The molecule has 4 nitrogen and oxygen atoms in total. The van der Waals surface area contributed by atoms with Gasteiger partial charge in [-0.25, -0.2) is 8.42 Å². The lowest BCUT2D eigenvalue weighted by molar-refractivity contribution is 0.281. The molecule has 1 aromatic carbocycles. The van der Waals surface area contributed by atoms with Gasteiger partial charge in [0.25, 0.3) is 10.0 Å². The molecule has 0 unspecified atom stereocenters. The van der Waals surface area contributed by atoms with Crippen LogP contribution in [0.4, 0.5) is 5.69 Å². The van der Waals surface area contributed by atoms with Crippen LogP contribution in [-0.2, 0) is 16.6 Å². The summed E-state index contributed by atoms with van der Waals surface area (Å²) in [6.45, 7) is 1.55. The van der Waals surface area contributed by atoms with Crippen LogP contribution in [0.3, 0.4) is 0 Å². The zero-order chi connectivity index (χ0) is 13.2. The third-order valence-electron chi connectivity index (χ3n) is 2.50. The molecule has 0 aliphatic rings. The molecule has 0 aliphatic heterocycles. The Morgan fingerprint density at radius 2 is 2.11 bits per heavy atom. The van der Waals surface area contributed by atoms with E-state index in [2.05, 4.69) is 4.72 Å². The fourth-order valence-corrected chi connectivity index (χ4v) is 3.57. The van der Waals surface area contributed by atoms with Crippen LogP contribution >= 0.6 is 11.3 Å². The van der Waals surface area contributed by atoms with E-state index in [0.717, 1.165) is 0 Å². The van der Waals surface area contributed by atoms with Gasteiger partial charge in [0.15, 0.2) is 0 Å². The summed E-state index contributed by atoms with van der Waals surface area (Å²) in [7, 11) is -3.60. The minimum Gasteiger partial charge on any atom is -0.392 e. The molecule has 2 aromatic rings. The molecule has 2 rings (SSSR count). The molecule has 0 fully saturated rings. The minimum absolute atomic E-state index is 0.179. The van der Waals surface area contributed by atoms with Gasteiger partial charge in [-0.05, 0) is 35.6 Å². The number of sulfonamides is 1. The molecule has 1 aromatic heterocycles. The van der Waals surface area contributed by atoms with Crippen LogP contribution in [-0.4, -0.2) is 13.5 Å². The first-order valence-corrected chi connectivity index (χ1v) is 7.71. The molecular formula is C12H13NO3S2. The van der Waals surface area contributed by atoms with Crippen molar-refractivity contribution >= 4 is 27.0 Å². The van der Waals surface area contributed by atoms with Gasteiger partial charge in [0.1, 0.15) is 0 Å². The molecule has 1 heterocycles. The van der Waals surface area contributed by atoms with Crippen molar-refractivity contribution in [1.29, 1.82) is 0 Å². The van der Waals surface area contributed by atoms with Gasteiger partial charge in [-0.15, -0.1) is 0 Å². The lowest BCUT2D eigenvalue weighted by atomic mass is 10.2. The van der Waals surface area contributed by atoms with Crippen molar-refractivity contribution in [2.45, 2.75) is 18.4 Å². The van der Waals surface area contributed by atoms with E-state index in [9.17, 15) is 8.42 Å². The lowest BCUT2D eigenvalue weighted by Crippen LogP contribution is -2.14. The van der Waals surface area contributed by atoms with Crippen molar-refractivity contribution < 1.29 is 13.5 Å². The zero-order valence-electron chi connectivity index (χ0n) is 9.75. The molecule has 0 saturated carbocycles. The summed E-state index contributed by atoms with van der Waals surface area (Å²) < 4.78 is 26.9. The van der Waals surface area contributed by atoms with E-state index in [4.69, 9.17) is 5.11 Å². The highest BCUT2D eigenvalue weighted by atomic mass is 32.2. The van der Waals surface area contributed by atoms with Crippen LogP contribution < -0.4 is 4.72 Å². The van der Waals surface area contributed by atoms with E-state index in [-0.39, 0.29) is 11.5 Å². The number of aliphatic hydroxyl groups excluding tert-OH is 1. The lowest BCUT2D eigenvalue weighted by Gasteiger charge is -2.10. The standard InChI is InChI=1S/C12H13NO3S2/c1-9-2-3-10(7-14)6-12(9)18(15,16)13-11-4-5-17-8-11/h2-6,8,13-14H,7H2,1H3. The first-order valence-electron chi connectivity index (χ1n) is 5.28. The van der Waals surface area contributed by atoms with Crippen molar-refractivity contribution in [3.8, 4) is 0 Å². The van der Waals surface area contributed by atoms with Crippen molar-refractivity contribution in [2.75, 3.05) is 4.72 Å². The molecule has 0 aliphatic carbocycles. The van der Waals surface area contributed by atoms with Crippen LogP contribution in [0.25, 0.3) is 0 Å². The second kappa shape index (κ2) is 5.09. The summed E-state index contributed by atoms with van der Waals surface area (Å²) in [5, 5.41) is 12.6. The number of thiophene rings is 1. The maximum atomic E-state index is 12.2. The summed E-state index contributed by atoms with van der Waals surface area (Å²) in [5.74, 6) is 0. The van der Waals surface area contributed by atoms with E-state index >= 15 is 0 Å². The highest BCUT2D eigenvalue weighted by Gasteiger charge is 2.17. The number of benzene rings is 1. The largest absolute Gasteiger partial charge is 0.392 e. The summed E-state index contributed by atoms with van der Waals surface area (Å²) in [6.07, 6.45) is 0. The number of hydrogen-bond donors (Lipinski definition) is 2. The Hall–Kier alpha value is -1.37. The van der Waals surface area contributed by atoms with Gasteiger partial charge >= 0.3 is 0 Å². The first kappa shape index (κ1) is 13.1. The number of anilines is 1. The van der Waals surface area contributed by atoms with Crippen LogP contribution in [0.2, 0.25) is 0 Å². The average Bonchev–Trinajstić information content (AvgIpc) is 2.81. The zero-order valence-corrected chi connectivity index (χ0v) is 11.4. The Labute approximate surface area is 110 Å². The molecular weight excluding hydrogens is 270 g/mol. The SMILES string of the molecule is Cc1ccc(CO)cc1S(=O)(=O)Nc1ccsc1. The number of aliphatic hydroxyl groups is 1. The third kappa shape index (κ3) is 2.72. The number of nitrogens with one attached hydrogen (secondary N) is 1. The van der Waals surface area contributed by atoms with Gasteiger partial charge in [-0.3, -0.25) is 4.72 Å². The average molecular weight is 283 g/mol. The monoisotopic (exact) mass is 283 g/mol. The molecule has 0 bridgehead atoms. The van der Waals surface area contributed by atoms with Crippen LogP contribution in [0.1, 0.15) is 11.1 Å². The Kier molecular flexibility index (Phi) is 3.70. The molecule has 0 radical (unpaired) electrons. The normalized spacial score (nSPS) is 11.4. The van der Waals surface area contributed by atoms with E-state index in [1.807, 2.05) is 0 Å². The van der Waals surface area contributed by atoms with Crippen LogP contribution in [0.5, 0.6) is 0 Å². The van der Waals surface area contributed by atoms with Gasteiger partial charge in [0, 0.05) is 5.38 Å². The van der Waals surface area contributed by atoms with E-state index in [0.29, 0.717) is 16.8 Å². The highest BCUT2D eigenvalue weighted by Crippen LogP contribution is 2.22. The quantitative estimate of drug-likeness (QED) is 0.905. The maximum absolute atomic E-state index is 12.2. The second-order valence-corrected chi connectivity index (χ2v) is 6.31. The second-order valence-electron chi connectivity index (χ2n) is 3.88. The predicted octanol–water partition coefficient (Wildman–Crippen LogP) is 2.35. The molecule has 2 N–H and O–H groups in total. The number of hydrogen-bond acceptors (Lipinski definition) is 4. The summed E-state index contributed by atoms with van der Waals surface area (Å²) in [5.41, 5.74) is 1.77. The fourth-order valence-electron chi connectivity index (χ4n) is 1.57. The van der Waals surface area contributed by atoms with Gasteiger partial charge < -0.3 is 5.11 Å². The molecule has 0 amide bonds. The molecule has 0 saturated heterocycles. The maximum Gasteiger partial charge on any atom is 0.262 e. The van der Waals surface area contributed by atoms with E-state index in [1.54, 1.807) is 35.9 Å². The summed E-state index contributed by atoms with van der Waals surface area (Å²) in [6, 6.07) is 6.59. The first-order chi connectivity index (χ1) is 8.53. The fraction of sp³-hybridized carbons (Fsp3) is 0.167. The third-order valence-corrected chi connectivity index (χ3v) is 4.70. The molecule has 6 heteroatoms. The number of aryl methyl sites for hydroxylation is 1. The molecule has 0 spiro atoms. The Balaban J connectivity index is 2.40. The van der Waals surface area contributed by atoms with Crippen LogP contribution in [0.15, 0.2) is 39.9 Å². The van der Waals surface area contributed by atoms with Crippen molar-refractivity contribution in [3.05, 3.63) is 46.2 Å². The Morgan fingerprint density at radius 1 is 1.33 bits per heavy atom. The smallest absolute Gasteiger partial charge is 0.262 e. The van der Waals surface area contributed by atoms with Gasteiger partial charge in [0.2, 0.25) is 0 Å².